The maximum atomic E-state index is 12.0. The molecule has 1 aliphatic heterocycles. The number of rotatable bonds is 3. The summed E-state index contributed by atoms with van der Waals surface area (Å²) in [6, 6.07) is 37.9. The first kappa shape index (κ1) is 20.4. The number of hydrogen-bond donors (Lipinski definition) is 0. The van der Waals surface area contributed by atoms with Crippen LogP contribution in [0.1, 0.15) is 39.6 Å². The third-order valence-corrected chi connectivity index (χ3v) is 5.07. The number of Topliss-reactive ketones (excluding diaryl/α,β-unsaturated/α-hetero) is 1. The molecule has 4 aromatic rings. The number of fused-ring (bicyclic) bond motifs is 1. The van der Waals surface area contributed by atoms with Crippen molar-refractivity contribution in [2.75, 3.05) is 0 Å². The van der Waals surface area contributed by atoms with Crippen LogP contribution in [0.3, 0.4) is 0 Å². The van der Waals surface area contributed by atoms with Gasteiger partial charge in [0.2, 0.25) is 0 Å². The number of carbonyl (C=O) groups is 1. The minimum absolute atomic E-state index is 0.153. The van der Waals surface area contributed by atoms with Crippen LogP contribution in [0.4, 0.5) is 0 Å². The minimum atomic E-state index is -0.154. The highest BCUT2D eigenvalue weighted by Crippen LogP contribution is 2.34. The van der Waals surface area contributed by atoms with Gasteiger partial charge in [-0.3, -0.25) is 4.79 Å². The van der Waals surface area contributed by atoms with Crippen LogP contribution in [-0.2, 0) is 0 Å². The van der Waals surface area contributed by atoms with E-state index in [0.717, 1.165) is 5.56 Å². The quantitative estimate of drug-likeness (QED) is 0.336. The summed E-state index contributed by atoms with van der Waals surface area (Å²) in [6.45, 7) is 0. The van der Waals surface area contributed by atoms with Crippen LogP contribution in [0.5, 0.6) is 5.75 Å². The summed E-state index contributed by atoms with van der Waals surface area (Å²) in [5, 5.41) is 0. The molecule has 0 saturated heterocycles. The molecule has 0 aromatic heterocycles. The molecule has 0 aliphatic carbocycles. The second-order valence-electron chi connectivity index (χ2n) is 7.30. The first-order valence-electron chi connectivity index (χ1n) is 10.4. The van der Waals surface area contributed by atoms with E-state index in [4.69, 9.17) is 4.74 Å². The molecule has 2 heteroatoms. The average Bonchev–Trinajstić information content (AvgIpc) is 2.85. The van der Waals surface area contributed by atoms with Crippen LogP contribution < -0.4 is 4.74 Å². The Morgan fingerprint density at radius 2 is 1.10 bits per heavy atom. The summed E-state index contributed by atoms with van der Waals surface area (Å²) < 4.78 is 5.87. The maximum absolute atomic E-state index is 12.0. The summed E-state index contributed by atoms with van der Waals surface area (Å²) >= 11 is 0. The van der Waals surface area contributed by atoms with Crippen molar-refractivity contribution in [3.8, 4) is 5.75 Å². The molecule has 0 fully saturated rings. The summed E-state index contributed by atoms with van der Waals surface area (Å²) in [7, 11) is 0. The molecule has 1 unspecified atom stereocenters. The molecule has 0 saturated carbocycles. The molecule has 2 nitrogen and oxygen atoms in total. The standard InChI is InChI=1S/C15H12O2.C14H12/c16-13-10-15(11-6-2-1-3-7-11)17-14-9-5-4-8-12(13)14;1-3-7-13(8-4-1)11-12-14-9-5-2-6-10-14/h1-9,15H,10H2;1-12H. The lowest BCUT2D eigenvalue weighted by Gasteiger charge is -2.25. The zero-order valence-corrected chi connectivity index (χ0v) is 17.2. The van der Waals surface area contributed by atoms with Crippen LogP contribution >= 0.6 is 0 Å². The Balaban J connectivity index is 0.000000152. The van der Waals surface area contributed by atoms with Crippen molar-refractivity contribution in [3.63, 3.8) is 0 Å². The fourth-order valence-electron chi connectivity index (χ4n) is 3.45. The molecule has 4 aromatic carbocycles. The van der Waals surface area contributed by atoms with Gasteiger partial charge in [0.15, 0.2) is 5.78 Å². The topological polar surface area (TPSA) is 26.3 Å². The van der Waals surface area contributed by atoms with Gasteiger partial charge < -0.3 is 4.74 Å². The van der Waals surface area contributed by atoms with Gasteiger partial charge in [0.25, 0.3) is 0 Å². The molecular formula is C29H24O2. The Morgan fingerprint density at radius 3 is 1.68 bits per heavy atom. The Kier molecular flexibility index (Phi) is 6.71. The molecule has 1 atom stereocenters. The fourth-order valence-corrected chi connectivity index (χ4v) is 3.45. The van der Waals surface area contributed by atoms with Crippen LogP contribution in [0.15, 0.2) is 115 Å². The van der Waals surface area contributed by atoms with Gasteiger partial charge in [-0.2, -0.15) is 0 Å². The van der Waals surface area contributed by atoms with E-state index in [2.05, 4.69) is 36.4 Å². The molecular weight excluding hydrogens is 380 g/mol. The lowest BCUT2D eigenvalue weighted by atomic mass is 9.96. The van der Waals surface area contributed by atoms with Gasteiger partial charge in [0.05, 0.1) is 12.0 Å². The minimum Gasteiger partial charge on any atom is -0.484 e. The third kappa shape index (κ3) is 5.58. The normalized spacial score (nSPS) is 14.8. The monoisotopic (exact) mass is 404 g/mol. The zero-order chi connectivity index (χ0) is 21.3. The third-order valence-electron chi connectivity index (χ3n) is 5.07. The molecule has 0 bridgehead atoms. The Hall–Kier alpha value is -3.91. The largest absolute Gasteiger partial charge is 0.484 e. The number of benzene rings is 4. The van der Waals surface area contributed by atoms with E-state index in [1.807, 2.05) is 91.0 Å². The van der Waals surface area contributed by atoms with Gasteiger partial charge in [0.1, 0.15) is 11.9 Å². The van der Waals surface area contributed by atoms with Crippen molar-refractivity contribution in [3.05, 3.63) is 138 Å². The molecule has 1 heterocycles. The first-order chi connectivity index (χ1) is 15.3. The van der Waals surface area contributed by atoms with Crippen molar-refractivity contribution >= 4 is 17.9 Å². The second-order valence-corrected chi connectivity index (χ2v) is 7.30. The average molecular weight is 405 g/mol. The Morgan fingerprint density at radius 1 is 0.613 bits per heavy atom. The van der Waals surface area contributed by atoms with Gasteiger partial charge in [0, 0.05) is 0 Å². The molecule has 1 aliphatic rings. The molecule has 31 heavy (non-hydrogen) atoms. The SMILES string of the molecule is C(=Cc1ccccc1)c1ccccc1.O=C1CC(c2ccccc2)Oc2ccccc21. The molecule has 152 valence electrons. The number of ether oxygens (including phenoxy) is 1. The number of hydrogen-bond acceptors (Lipinski definition) is 2. The van der Waals surface area contributed by atoms with Crippen LogP contribution in [0.25, 0.3) is 12.2 Å². The van der Waals surface area contributed by atoms with Crippen molar-refractivity contribution < 1.29 is 9.53 Å². The van der Waals surface area contributed by atoms with Crippen molar-refractivity contribution in [2.24, 2.45) is 0 Å². The van der Waals surface area contributed by atoms with Gasteiger partial charge >= 0.3 is 0 Å². The molecule has 0 amide bonds. The smallest absolute Gasteiger partial charge is 0.170 e. The first-order valence-corrected chi connectivity index (χ1v) is 10.4. The predicted molar refractivity (Wildman–Crippen MR) is 127 cm³/mol. The van der Waals surface area contributed by atoms with Gasteiger partial charge in [-0.25, -0.2) is 0 Å². The number of ketones is 1. The highest BCUT2D eigenvalue weighted by Gasteiger charge is 2.26. The summed E-state index contributed by atoms with van der Waals surface area (Å²) in [4.78, 5) is 12.0. The van der Waals surface area contributed by atoms with Gasteiger partial charge in [-0.15, -0.1) is 0 Å². The van der Waals surface area contributed by atoms with E-state index in [1.165, 1.54) is 11.1 Å². The van der Waals surface area contributed by atoms with E-state index < -0.39 is 0 Å². The molecule has 0 spiro atoms. The zero-order valence-electron chi connectivity index (χ0n) is 17.2. The predicted octanol–water partition coefficient (Wildman–Crippen LogP) is 7.25. The molecule has 0 N–H and O–H groups in total. The number of para-hydroxylation sites is 1. The van der Waals surface area contributed by atoms with E-state index in [9.17, 15) is 4.79 Å². The summed E-state index contributed by atoms with van der Waals surface area (Å²) in [5.41, 5.74) is 4.21. The Bertz CT molecular complexity index is 1090. The summed E-state index contributed by atoms with van der Waals surface area (Å²) in [5.74, 6) is 0.846. The van der Waals surface area contributed by atoms with E-state index in [-0.39, 0.29) is 11.9 Å². The van der Waals surface area contributed by atoms with E-state index in [1.54, 1.807) is 0 Å². The van der Waals surface area contributed by atoms with Gasteiger partial charge in [-0.05, 0) is 28.8 Å². The van der Waals surface area contributed by atoms with Crippen molar-refractivity contribution in [2.45, 2.75) is 12.5 Å². The van der Waals surface area contributed by atoms with Crippen molar-refractivity contribution in [1.29, 1.82) is 0 Å². The Labute approximate surface area is 183 Å². The highest BCUT2D eigenvalue weighted by molar-refractivity contribution is 5.99. The highest BCUT2D eigenvalue weighted by atomic mass is 16.5. The maximum Gasteiger partial charge on any atom is 0.170 e. The van der Waals surface area contributed by atoms with Crippen LogP contribution in [-0.4, -0.2) is 5.78 Å². The molecule has 5 rings (SSSR count). The van der Waals surface area contributed by atoms with E-state index in [0.29, 0.717) is 17.7 Å². The lowest BCUT2D eigenvalue weighted by molar-refractivity contribution is 0.0850. The lowest BCUT2D eigenvalue weighted by Crippen LogP contribution is -2.20. The van der Waals surface area contributed by atoms with E-state index >= 15 is 0 Å². The second kappa shape index (κ2) is 10.2. The summed E-state index contributed by atoms with van der Waals surface area (Å²) in [6.07, 6.45) is 4.50. The van der Waals surface area contributed by atoms with Gasteiger partial charge in [-0.1, -0.05) is 115 Å². The van der Waals surface area contributed by atoms with Crippen LogP contribution in [0.2, 0.25) is 0 Å². The molecule has 0 radical (unpaired) electrons. The number of carbonyl (C=O) groups excluding carboxylic acids is 1. The van der Waals surface area contributed by atoms with Crippen molar-refractivity contribution in [1.82, 2.24) is 0 Å². The van der Waals surface area contributed by atoms with Crippen LogP contribution in [0, 0.1) is 0 Å². The fraction of sp³-hybridized carbons (Fsp3) is 0.0690.